The zero-order chi connectivity index (χ0) is 13.9. The molecule has 0 aromatic carbocycles. The van der Waals surface area contributed by atoms with E-state index in [1.165, 1.54) is 12.3 Å². The van der Waals surface area contributed by atoms with Crippen LogP contribution >= 0.6 is 0 Å². The van der Waals surface area contributed by atoms with Crippen LogP contribution in [-0.2, 0) is 52.0 Å². The molecular formula is C9H19N3O6Y. The van der Waals surface area contributed by atoms with Crippen LogP contribution in [0.2, 0.25) is 0 Å². The topological polar surface area (TPSA) is 122 Å². The summed E-state index contributed by atoms with van der Waals surface area (Å²) in [5.74, 6) is 0. The largest absolute Gasteiger partial charge is 0.476 e. The summed E-state index contributed by atoms with van der Waals surface area (Å²) in [7, 11) is 0. The van der Waals surface area contributed by atoms with E-state index >= 15 is 0 Å². The first-order valence-corrected chi connectivity index (χ1v) is 5.02. The van der Waals surface area contributed by atoms with Crippen LogP contribution in [0.25, 0.3) is 0 Å². The molecule has 0 fully saturated rings. The molecule has 9 nitrogen and oxygen atoms in total. The number of aliphatic imine (C=N–C) groups is 1. The molecule has 0 spiro atoms. The summed E-state index contributed by atoms with van der Waals surface area (Å²) < 4.78 is 4.15. The van der Waals surface area contributed by atoms with E-state index in [4.69, 9.17) is 15.2 Å². The van der Waals surface area contributed by atoms with Crippen LogP contribution in [0.4, 0.5) is 0 Å². The van der Waals surface area contributed by atoms with Crippen molar-refractivity contribution in [1.29, 1.82) is 0 Å². The zero-order valence-electron chi connectivity index (χ0n) is 10.6. The van der Waals surface area contributed by atoms with Gasteiger partial charge >= 0.3 is 0 Å². The Balaban J connectivity index is -0.000000366. The molecule has 0 aliphatic rings. The van der Waals surface area contributed by atoms with Crippen molar-refractivity contribution in [2.45, 2.75) is 6.42 Å². The first-order chi connectivity index (χ1) is 8.83. The minimum absolute atomic E-state index is 0. The molecule has 109 valence electrons. The molecule has 10 heteroatoms. The van der Waals surface area contributed by atoms with E-state index in [1.807, 2.05) is 0 Å². The van der Waals surface area contributed by atoms with Crippen molar-refractivity contribution in [3.8, 4) is 0 Å². The van der Waals surface area contributed by atoms with Crippen molar-refractivity contribution in [1.82, 2.24) is 10.8 Å². The van der Waals surface area contributed by atoms with Crippen LogP contribution in [0, 0.1) is 0 Å². The number of nitrogens with zero attached hydrogens (tertiary/aromatic N) is 1. The van der Waals surface area contributed by atoms with Gasteiger partial charge in [0.15, 0.2) is 6.79 Å². The molecule has 0 bridgehead atoms. The average Bonchev–Trinajstić information content (AvgIpc) is 2.39. The van der Waals surface area contributed by atoms with E-state index in [-0.39, 0.29) is 46.2 Å². The number of rotatable bonds is 11. The van der Waals surface area contributed by atoms with E-state index in [9.17, 15) is 4.79 Å². The standard InChI is InChI=1S/C6H13N3O4.C3H6O2.Y/c10-5-7-2-1-3-12-9-4-8-6-13-11;1-2-5-3-4;/h8-9,11H,1-4,6H2;2,4H,1,3H2;. The summed E-state index contributed by atoms with van der Waals surface area (Å²) in [5, 5.41) is 18.3. The van der Waals surface area contributed by atoms with E-state index < -0.39 is 0 Å². The van der Waals surface area contributed by atoms with Crippen LogP contribution in [0.15, 0.2) is 17.8 Å². The van der Waals surface area contributed by atoms with Gasteiger partial charge in [-0.05, 0) is 6.42 Å². The molecule has 0 unspecified atom stereocenters. The summed E-state index contributed by atoms with van der Waals surface area (Å²) in [6, 6.07) is 0. The summed E-state index contributed by atoms with van der Waals surface area (Å²) in [5.41, 5.74) is 2.55. The zero-order valence-corrected chi connectivity index (χ0v) is 13.4. The maximum Gasteiger partial charge on any atom is 0.234 e. The van der Waals surface area contributed by atoms with Gasteiger partial charge in [0.25, 0.3) is 0 Å². The molecule has 0 aliphatic heterocycles. The molecule has 0 heterocycles. The van der Waals surface area contributed by atoms with E-state index in [0.29, 0.717) is 26.2 Å². The van der Waals surface area contributed by atoms with Gasteiger partial charge in [0.2, 0.25) is 6.08 Å². The quantitative estimate of drug-likeness (QED) is 0.0733. The van der Waals surface area contributed by atoms with Crippen LogP contribution < -0.4 is 10.8 Å². The SMILES string of the molecule is C=COCO.O=C=NCCCONCNCOO.[Y]. The molecular weight excluding hydrogens is 335 g/mol. The van der Waals surface area contributed by atoms with Gasteiger partial charge < -0.3 is 14.7 Å². The van der Waals surface area contributed by atoms with Gasteiger partial charge in [0.05, 0.1) is 26.1 Å². The Bertz CT molecular complexity index is 216. The molecule has 0 aromatic heterocycles. The summed E-state index contributed by atoms with van der Waals surface area (Å²) in [6.07, 6.45) is 3.26. The van der Waals surface area contributed by atoms with E-state index in [0.717, 1.165) is 0 Å². The fourth-order valence-electron chi connectivity index (χ4n) is 0.585. The summed E-state index contributed by atoms with van der Waals surface area (Å²) in [6.45, 7) is 4.15. The molecule has 0 aromatic rings. The van der Waals surface area contributed by atoms with E-state index in [2.05, 4.69) is 32.0 Å². The average molecular weight is 354 g/mol. The fourth-order valence-corrected chi connectivity index (χ4v) is 0.585. The molecule has 0 aliphatic carbocycles. The smallest absolute Gasteiger partial charge is 0.234 e. The van der Waals surface area contributed by atoms with Gasteiger partial charge in [-0.1, -0.05) is 6.58 Å². The fraction of sp³-hybridized carbons (Fsp3) is 0.667. The minimum Gasteiger partial charge on any atom is -0.476 e. The Labute approximate surface area is 136 Å². The van der Waals surface area contributed by atoms with Gasteiger partial charge in [0.1, 0.15) is 6.73 Å². The van der Waals surface area contributed by atoms with Crippen molar-refractivity contribution in [3.63, 3.8) is 0 Å². The van der Waals surface area contributed by atoms with Crippen molar-refractivity contribution in [2.75, 3.05) is 33.3 Å². The van der Waals surface area contributed by atoms with Crippen molar-refractivity contribution in [2.24, 2.45) is 4.99 Å². The molecule has 0 saturated heterocycles. The van der Waals surface area contributed by atoms with Gasteiger partial charge in [-0.3, -0.25) is 10.6 Å². The molecule has 19 heavy (non-hydrogen) atoms. The Hall–Kier alpha value is -0.216. The normalized spacial score (nSPS) is 8.32. The molecule has 0 rings (SSSR count). The Morgan fingerprint density at radius 3 is 2.68 bits per heavy atom. The van der Waals surface area contributed by atoms with Crippen LogP contribution in [0.3, 0.4) is 0 Å². The maximum absolute atomic E-state index is 9.62. The van der Waals surface area contributed by atoms with Crippen LogP contribution in [-0.4, -0.2) is 49.8 Å². The van der Waals surface area contributed by atoms with Gasteiger partial charge in [-0.15, -0.1) is 0 Å². The molecule has 4 N–H and O–H groups in total. The number of isocyanates is 1. The third-order valence-electron chi connectivity index (χ3n) is 1.24. The third-order valence-corrected chi connectivity index (χ3v) is 1.24. The number of ether oxygens (including phenoxy) is 1. The predicted octanol–water partition coefficient (Wildman–Crippen LogP) is -0.678. The van der Waals surface area contributed by atoms with Gasteiger partial charge in [0, 0.05) is 32.7 Å². The molecule has 0 amide bonds. The molecule has 0 atom stereocenters. The molecule has 1 radical (unpaired) electrons. The predicted molar refractivity (Wildman–Crippen MR) is 61.6 cm³/mol. The first kappa shape index (κ1) is 23.8. The second kappa shape index (κ2) is 26.4. The van der Waals surface area contributed by atoms with Crippen molar-refractivity contribution < 1.29 is 62.3 Å². The number of hydroxylamine groups is 1. The number of carbonyl (C=O) groups excluding carboxylic acids is 1. The number of aliphatic hydroxyl groups is 1. The second-order valence-corrected chi connectivity index (χ2v) is 2.48. The van der Waals surface area contributed by atoms with Gasteiger partial charge in [-0.25, -0.2) is 14.7 Å². The van der Waals surface area contributed by atoms with Crippen molar-refractivity contribution >= 4 is 6.08 Å². The second-order valence-electron chi connectivity index (χ2n) is 2.48. The molecule has 0 saturated carbocycles. The Morgan fingerprint density at radius 1 is 1.47 bits per heavy atom. The Morgan fingerprint density at radius 2 is 2.21 bits per heavy atom. The summed E-state index contributed by atoms with van der Waals surface area (Å²) >= 11 is 0. The number of hydrogen-bond acceptors (Lipinski definition) is 9. The van der Waals surface area contributed by atoms with Crippen LogP contribution in [0.1, 0.15) is 6.42 Å². The van der Waals surface area contributed by atoms with Gasteiger partial charge in [-0.2, -0.15) is 5.48 Å². The number of aliphatic hydroxyl groups excluding tert-OH is 1. The monoisotopic (exact) mass is 354 g/mol. The summed E-state index contributed by atoms with van der Waals surface area (Å²) in [4.78, 5) is 21.6. The minimum atomic E-state index is -0.274. The first-order valence-electron chi connectivity index (χ1n) is 5.02. The third kappa shape index (κ3) is 31.9. The number of nitrogens with one attached hydrogen (secondary N) is 2. The van der Waals surface area contributed by atoms with E-state index in [1.54, 1.807) is 0 Å². The maximum atomic E-state index is 9.62. The number of hydrogen-bond donors (Lipinski definition) is 4. The Kier molecular flexibility index (Phi) is 33.1. The van der Waals surface area contributed by atoms with Crippen molar-refractivity contribution in [3.05, 3.63) is 12.8 Å². The van der Waals surface area contributed by atoms with Crippen LogP contribution in [0.5, 0.6) is 0 Å².